The van der Waals surface area contributed by atoms with Crippen molar-refractivity contribution in [1.82, 2.24) is 0 Å². The highest BCUT2D eigenvalue weighted by Gasteiger charge is 2.47. The molecular weight excluding hydrogens is 416 g/mol. The minimum Gasteiger partial charge on any atom is -0.507 e. The molecule has 2 aliphatic rings. The third kappa shape index (κ3) is 3.53. The summed E-state index contributed by atoms with van der Waals surface area (Å²) in [7, 11) is 3.87. The molecule has 1 saturated heterocycles. The molecule has 6 nitrogen and oxygen atoms in total. The van der Waals surface area contributed by atoms with Gasteiger partial charge >= 0.3 is 0 Å². The fraction of sp³-hybridized carbons (Fsp3) is 0.185. The van der Waals surface area contributed by atoms with Crippen LogP contribution in [0.3, 0.4) is 0 Å². The molecule has 33 heavy (non-hydrogen) atoms. The summed E-state index contributed by atoms with van der Waals surface area (Å²) in [6, 6.07) is 21.4. The molecule has 166 valence electrons. The minimum absolute atomic E-state index is 0.0850. The van der Waals surface area contributed by atoms with Crippen molar-refractivity contribution >= 4 is 28.8 Å². The average molecular weight is 440 g/mol. The van der Waals surface area contributed by atoms with Crippen LogP contribution < -0.4 is 14.5 Å². The number of aliphatic hydroxyl groups excluding tert-OH is 1. The van der Waals surface area contributed by atoms with E-state index in [-0.39, 0.29) is 11.3 Å². The summed E-state index contributed by atoms with van der Waals surface area (Å²) < 4.78 is 5.56. The van der Waals surface area contributed by atoms with E-state index >= 15 is 0 Å². The topological polar surface area (TPSA) is 70.1 Å². The third-order valence-corrected chi connectivity index (χ3v) is 6.17. The first-order chi connectivity index (χ1) is 16.0. The second-order valence-corrected chi connectivity index (χ2v) is 8.41. The molecule has 0 bridgehead atoms. The standard InChI is InChI=1S/C27H24N2O4/c1-28(2)20-9-11-21(12-10-20)29-24(17-6-4-3-5-7-17)23(26(31)27(29)32)25(30)19-8-13-22-18(16-19)14-15-33-22/h3-13,16,24,30H,14-15H2,1-2H3/b25-23-. The summed E-state index contributed by atoms with van der Waals surface area (Å²) in [6.45, 7) is 0.594. The van der Waals surface area contributed by atoms with E-state index in [1.54, 1.807) is 12.1 Å². The van der Waals surface area contributed by atoms with Crippen LogP contribution in [0.5, 0.6) is 5.75 Å². The zero-order valence-corrected chi connectivity index (χ0v) is 18.5. The Hall–Kier alpha value is -4.06. The number of fused-ring (bicyclic) bond motifs is 1. The Bertz CT molecular complexity index is 1260. The Balaban J connectivity index is 1.66. The van der Waals surface area contributed by atoms with Crippen molar-refractivity contribution in [2.75, 3.05) is 30.5 Å². The van der Waals surface area contributed by atoms with Gasteiger partial charge in [0.05, 0.1) is 18.2 Å². The van der Waals surface area contributed by atoms with Gasteiger partial charge in [-0.2, -0.15) is 0 Å². The molecule has 1 fully saturated rings. The molecule has 5 rings (SSSR count). The summed E-state index contributed by atoms with van der Waals surface area (Å²) in [6.07, 6.45) is 0.741. The molecular formula is C27H24N2O4. The lowest BCUT2D eigenvalue weighted by Gasteiger charge is -2.26. The van der Waals surface area contributed by atoms with Gasteiger partial charge in [-0.25, -0.2) is 0 Å². The lowest BCUT2D eigenvalue weighted by Crippen LogP contribution is -2.29. The number of amides is 1. The van der Waals surface area contributed by atoms with Crippen molar-refractivity contribution in [3.05, 3.63) is 95.1 Å². The number of rotatable bonds is 4. The molecule has 2 aliphatic heterocycles. The number of carbonyl (C=O) groups is 2. The molecule has 1 N–H and O–H groups in total. The van der Waals surface area contributed by atoms with Crippen molar-refractivity contribution in [2.24, 2.45) is 0 Å². The van der Waals surface area contributed by atoms with Gasteiger partial charge in [0.2, 0.25) is 0 Å². The number of benzene rings is 3. The molecule has 0 radical (unpaired) electrons. The summed E-state index contributed by atoms with van der Waals surface area (Å²) in [5.41, 5.74) is 3.89. The molecule has 3 aromatic carbocycles. The number of carbonyl (C=O) groups excluding carboxylic acids is 2. The Labute approximate surface area is 192 Å². The van der Waals surface area contributed by atoms with Gasteiger partial charge in [0.15, 0.2) is 0 Å². The number of anilines is 2. The Kier molecular flexibility index (Phi) is 5.13. The minimum atomic E-state index is -0.735. The number of hydrogen-bond acceptors (Lipinski definition) is 5. The predicted octanol–water partition coefficient (Wildman–Crippen LogP) is 4.31. The van der Waals surface area contributed by atoms with Gasteiger partial charge in [-0.15, -0.1) is 0 Å². The zero-order valence-electron chi connectivity index (χ0n) is 18.5. The van der Waals surface area contributed by atoms with E-state index < -0.39 is 17.7 Å². The van der Waals surface area contributed by atoms with E-state index in [9.17, 15) is 14.7 Å². The highest BCUT2D eigenvalue weighted by atomic mass is 16.5. The normalized spacial score (nSPS) is 18.8. The van der Waals surface area contributed by atoms with Crippen LogP contribution in [0.25, 0.3) is 5.76 Å². The van der Waals surface area contributed by atoms with Crippen LogP contribution in [0.15, 0.2) is 78.4 Å². The zero-order chi connectivity index (χ0) is 23.1. The molecule has 0 aliphatic carbocycles. The lowest BCUT2D eigenvalue weighted by molar-refractivity contribution is -0.132. The van der Waals surface area contributed by atoms with E-state index in [4.69, 9.17) is 4.74 Å². The van der Waals surface area contributed by atoms with E-state index in [0.29, 0.717) is 17.9 Å². The highest BCUT2D eigenvalue weighted by molar-refractivity contribution is 6.51. The van der Waals surface area contributed by atoms with Gasteiger partial charge < -0.3 is 14.7 Å². The van der Waals surface area contributed by atoms with E-state index in [2.05, 4.69) is 0 Å². The molecule has 1 amide bonds. The number of ketones is 1. The van der Waals surface area contributed by atoms with Gasteiger partial charge in [-0.3, -0.25) is 14.5 Å². The largest absolute Gasteiger partial charge is 0.507 e. The van der Waals surface area contributed by atoms with Gasteiger partial charge in [0.25, 0.3) is 11.7 Å². The fourth-order valence-corrected chi connectivity index (χ4v) is 4.45. The molecule has 0 aromatic heterocycles. The summed E-state index contributed by atoms with van der Waals surface area (Å²) in [5, 5.41) is 11.3. The molecule has 0 saturated carbocycles. The van der Waals surface area contributed by atoms with E-state index in [1.165, 1.54) is 4.90 Å². The maximum absolute atomic E-state index is 13.3. The first-order valence-electron chi connectivity index (χ1n) is 10.8. The van der Waals surface area contributed by atoms with E-state index in [1.807, 2.05) is 79.7 Å². The number of ether oxygens (including phenoxy) is 1. The summed E-state index contributed by atoms with van der Waals surface area (Å²) in [5.74, 6) is -0.751. The van der Waals surface area contributed by atoms with Crippen molar-refractivity contribution in [2.45, 2.75) is 12.5 Å². The lowest BCUT2D eigenvalue weighted by atomic mass is 9.94. The molecule has 6 heteroatoms. The number of Topliss-reactive ketones (excluding diaryl/α,β-unsaturated/α-hetero) is 1. The second-order valence-electron chi connectivity index (χ2n) is 8.41. The molecule has 2 heterocycles. The highest BCUT2D eigenvalue weighted by Crippen LogP contribution is 2.42. The quantitative estimate of drug-likeness (QED) is 0.372. The smallest absolute Gasteiger partial charge is 0.300 e. The third-order valence-electron chi connectivity index (χ3n) is 6.17. The maximum atomic E-state index is 13.3. The van der Waals surface area contributed by atoms with Crippen molar-refractivity contribution in [3.63, 3.8) is 0 Å². The number of aliphatic hydroxyl groups is 1. The van der Waals surface area contributed by atoms with Crippen molar-refractivity contribution in [3.8, 4) is 5.75 Å². The van der Waals surface area contributed by atoms with Crippen LogP contribution in [-0.2, 0) is 16.0 Å². The van der Waals surface area contributed by atoms with Gasteiger partial charge in [0.1, 0.15) is 11.5 Å². The molecule has 0 spiro atoms. The SMILES string of the molecule is CN(C)c1ccc(N2C(=O)C(=O)/C(=C(\O)c3ccc4c(c3)CCO4)C2c2ccccc2)cc1. The summed E-state index contributed by atoms with van der Waals surface area (Å²) in [4.78, 5) is 29.9. The van der Waals surface area contributed by atoms with Crippen LogP contribution in [0.2, 0.25) is 0 Å². The van der Waals surface area contributed by atoms with Gasteiger partial charge in [-0.05, 0) is 53.6 Å². The van der Waals surface area contributed by atoms with Crippen LogP contribution in [-0.4, -0.2) is 37.5 Å². The first kappa shape index (κ1) is 20.8. The fourth-order valence-electron chi connectivity index (χ4n) is 4.45. The average Bonchev–Trinajstić information content (AvgIpc) is 3.41. The van der Waals surface area contributed by atoms with E-state index in [0.717, 1.165) is 29.0 Å². The summed E-state index contributed by atoms with van der Waals surface area (Å²) >= 11 is 0. The van der Waals surface area contributed by atoms with Gasteiger partial charge in [0, 0.05) is 37.5 Å². The van der Waals surface area contributed by atoms with Crippen molar-refractivity contribution in [1.29, 1.82) is 0 Å². The molecule has 1 unspecified atom stereocenters. The van der Waals surface area contributed by atoms with Crippen LogP contribution in [0.4, 0.5) is 11.4 Å². The number of hydrogen-bond donors (Lipinski definition) is 1. The van der Waals surface area contributed by atoms with Crippen LogP contribution in [0.1, 0.15) is 22.7 Å². The van der Waals surface area contributed by atoms with Crippen LogP contribution in [0, 0.1) is 0 Å². The van der Waals surface area contributed by atoms with Crippen molar-refractivity contribution < 1.29 is 19.4 Å². The molecule has 1 atom stereocenters. The Morgan fingerprint density at radius 2 is 1.73 bits per heavy atom. The molecule has 3 aromatic rings. The maximum Gasteiger partial charge on any atom is 0.300 e. The Morgan fingerprint density at radius 1 is 1.00 bits per heavy atom. The first-order valence-corrected chi connectivity index (χ1v) is 10.8. The second kappa shape index (κ2) is 8.13. The van der Waals surface area contributed by atoms with Crippen LogP contribution >= 0.6 is 0 Å². The van der Waals surface area contributed by atoms with Gasteiger partial charge in [-0.1, -0.05) is 30.3 Å². The predicted molar refractivity (Wildman–Crippen MR) is 128 cm³/mol. The monoisotopic (exact) mass is 440 g/mol. The Morgan fingerprint density at radius 3 is 2.42 bits per heavy atom. The number of nitrogens with zero attached hydrogens (tertiary/aromatic N) is 2.